The fourth-order valence-electron chi connectivity index (χ4n) is 3.53. The number of rotatable bonds is 10. The van der Waals surface area contributed by atoms with Crippen molar-refractivity contribution in [2.24, 2.45) is 0 Å². The van der Waals surface area contributed by atoms with Crippen molar-refractivity contribution >= 4 is 21.6 Å². The van der Waals surface area contributed by atoms with Crippen LogP contribution in [0.3, 0.4) is 0 Å². The summed E-state index contributed by atoms with van der Waals surface area (Å²) in [7, 11) is 0.445. The minimum Gasteiger partial charge on any atom is -0.496 e. The number of para-hydroxylation sites is 1. The maximum Gasteiger partial charge on any atom is 0.264 e. The number of hydrogen-bond donors (Lipinski definition) is 1. The van der Waals surface area contributed by atoms with Gasteiger partial charge in [0.15, 0.2) is 11.5 Å². The van der Waals surface area contributed by atoms with E-state index in [9.17, 15) is 13.2 Å². The fraction of sp³-hybridized carbons (Fsp3) is 0.240. The first-order valence-corrected chi connectivity index (χ1v) is 12.0. The van der Waals surface area contributed by atoms with Crippen molar-refractivity contribution in [1.82, 2.24) is 5.32 Å². The van der Waals surface area contributed by atoms with Crippen molar-refractivity contribution in [1.29, 1.82) is 0 Å². The Balaban J connectivity index is 1.95. The summed E-state index contributed by atoms with van der Waals surface area (Å²) in [4.78, 5) is 13.1. The first-order chi connectivity index (χ1) is 16.3. The molecular formula is C25H28N2O6S. The lowest BCUT2D eigenvalue weighted by Gasteiger charge is -2.26. The number of carbonyl (C=O) groups excluding carboxylic acids is 1. The summed E-state index contributed by atoms with van der Waals surface area (Å²) in [5.74, 6) is 0.935. The van der Waals surface area contributed by atoms with Gasteiger partial charge in [-0.1, -0.05) is 36.4 Å². The molecule has 3 aromatic rings. The number of methoxy groups -OCH3 is 3. The normalized spacial score (nSPS) is 11.9. The molecule has 0 aliphatic carbocycles. The molecule has 1 amide bonds. The highest BCUT2D eigenvalue weighted by Gasteiger charge is 2.28. The number of amides is 1. The summed E-state index contributed by atoms with van der Waals surface area (Å²) in [6.45, 7) is 1.37. The molecule has 3 aromatic carbocycles. The van der Waals surface area contributed by atoms with Crippen LogP contribution in [0.4, 0.5) is 5.69 Å². The second-order valence-corrected chi connectivity index (χ2v) is 9.26. The molecule has 0 heterocycles. The van der Waals surface area contributed by atoms with Crippen molar-refractivity contribution in [2.75, 3.05) is 32.2 Å². The molecule has 9 heteroatoms. The van der Waals surface area contributed by atoms with E-state index in [0.717, 1.165) is 9.87 Å². The van der Waals surface area contributed by atoms with Crippen molar-refractivity contribution < 1.29 is 27.4 Å². The fourth-order valence-corrected chi connectivity index (χ4v) is 4.97. The molecule has 0 spiro atoms. The van der Waals surface area contributed by atoms with E-state index >= 15 is 0 Å². The minimum atomic E-state index is -4.06. The van der Waals surface area contributed by atoms with E-state index in [0.29, 0.717) is 17.2 Å². The van der Waals surface area contributed by atoms with Gasteiger partial charge in [-0.25, -0.2) is 8.42 Å². The largest absolute Gasteiger partial charge is 0.496 e. The van der Waals surface area contributed by atoms with Crippen molar-refractivity contribution in [3.05, 3.63) is 78.4 Å². The van der Waals surface area contributed by atoms with Gasteiger partial charge in [-0.2, -0.15) is 0 Å². The second-order valence-electron chi connectivity index (χ2n) is 7.40. The van der Waals surface area contributed by atoms with Gasteiger partial charge in [0.05, 0.1) is 38.0 Å². The van der Waals surface area contributed by atoms with Crippen LogP contribution in [0.5, 0.6) is 17.2 Å². The number of nitrogens with zero attached hydrogens (tertiary/aromatic N) is 1. The van der Waals surface area contributed by atoms with Gasteiger partial charge in [0.25, 0.3) is 10.0 Å². The summed E-state index contributed by atoms with van der Waals surface area (Å²) >= 11 is 0. The molecular weight excluding hydrogens is 456 g/mol. The van der Waals surface area contributed by atoms with Crippen molar-refractivity contribution in [3.63, 3.8) is 0 Å². The molecule has 8 nitrogen and oxygen atoms in total. The van der Waals surface area contributed by atoms with Crippen molar-refractivity contribution in [2.45, 2.75) is 17.9 Å². The topological polar surface area (TPSA) is 94.2 Å². The first kappa shape index (κ1) is 24.9. The Morgan fingerprint density at radius 2 is 1.47 bits per heavy atom. The summed E-state index contributed by atoms with van der Waals surface area (Å²) in [6, 6.07) is 19.6. The minimum absolute atomic E-state index is 0.0651. The summed E-state index contributed by atoms with van der Waals surface area (Å²) in [5.41, 5.74) is 1.04. The molecule has 0 bridgehead atoms. The van der Waals surface area contributed by atoms with Crippen LogP contribution >= 0.6 is 0 Å². The monoisotopic (exact) mass is 484 g/mol. The Morgan fingerprint density at radius 3 is 2.12 bits per heavy atom. The maximum atomic E-state index is 13.5. The second kappa shape index (κ2) is 10.9. The Hall–Kier alpha value is -3.72. The molecule has 0 fully saturated rings. The highest BCUT2D eigenvalue weighted by Crippen LogP contribution is 2.34. The molecule has 1 atom stereocenters. The lowest BCUT2D eigenvalue weighted by Crippen LogP contribution is -2.41. The zero-order chi connectivity index (χ0) is 24.7. The van der Waals surface area contributed by atoms with Crippen LogP contribution < -0.4 is 23.8 Å². The van der Waals surface area contributed by atoms with Gasteiger partial charge in [-0.3, -0.25) is 9.10 Å². The smallest absolute Gasteiger partial charge is 0.264 e. The summed E-state index contributed by atoms with van der Waals surface area (Å²) < 4.78 is 44.1. The van der Waals surface area contributed by atoms with Crippen molar-refractivity contribution in [3.8, 4) is 17.2 Å². The number of ether oxygens (including phenoxy) is 3. The Labute approximate surface area is 200 Å². The number of hydrogen-bond acceptors (Lipinski definition) is 6. The number of sulfonamides is 1. The quantitative estimate of drug-likeness (QED) is 0.471. The molecule has 180 valence electrons. The van der Waals surface area contributed by atoms with E-state index in [2.05, 4.69) is 5.32 Å². The predicted molar refractivity (Wildman–Crippen MR) is 130 cm³/mol. The number of nitrogens with one attached hydrogen (secondary N) is 1. The number of anilines is 1. The van der Waals surface area contributed by atoms with Crippen LogP contribution in [-0.2, 0) is 14.8 Å². The zero-order valence-electron chi connectivity index (χ0n) is 19.5. The Kier molecular flexibility index (Phi) is 8.01. The maximum absolute atomic E-state index is 13.5. The lowest BCUT2D eigenvalue weighted by atomic mass is 10.1. The van der Waals surface area contributed by atoms with Gasteiger partial charge in [-0.15, -0.1) is 0 Å². The molecule has 0 saturated heterocycles. The van der Waals surface area contributed by atoms with Gasteiger partial charge in [0.1, 0.15) is 12.3 Å². The summed E-state index contributed by atoms with van der Waals surface area (Å²) in [5, 5.41) is 2.86. The van der Waals surface area contributed by atoms with E-state index in [1.165, 1.54) is 32.4 Å². The van der Waals surface area contributed by atoms with Crippen LogP contribution in [0.2, 0.25) is 0 Å². The molecule has 34 heavy (non-hydrogen) atoms. The van der Waals surface area contributed by atoms with E-state index in [1.54, 1.807) is 43.5 Å². The SMILES string of the molecule is COc1ccc(N(CC(=O)NC(C)c2ccccc2OC)S(=O)(=O)c2ccccc2)cc1OC. The Morgan fingerprint density at radius 1 is 0.853 bits per heavy atom. The van der Waals surface area contributed by atoms with Gasteiger partial charge in [0, 0.05) is 11.6 Å². The molecule has 0 saturated carbocycles. The van der Waals surface area contributed by atoms with Gasteiger partial charge < -0.3 is 19.5 Å². The predicted octanol–water partition coefficient (Wildman–Crippen LogP) is 3.79. The average Bonchev–Trinajstić information content (AvgIpc) is 2.87. The third-order valence-electron chi connectivity index (χ3n) is 5.26. The zero-order valence-corrected chi connectivity index (χ0v) is 20.3. The lowest BCUT2D eigenvalue weighted by molar-refractivity contribution is -0.120. The van der Waals surface area contributed by atoms with Crippen LogP contribution in [0.15, 0.2) is 77.7 Å². The van der Waals surface area contributed by atoms with Gasteiger partial charge in [0.2, 0.25) is 5.91 Å². The van der Waals surface area contributed by atoms with E-state index in [4.69, 9.17) is 14.2 Å². The van der Waals surface area contributed by atoms with Crippen LogP contribution in [-0.4, -0.2) is 42.2 Å². The molecule has 3 rings (SSSR count). The van der Waals surface area contributed by atoms with Crippen LogP contribution in [0.25, 0.3) is 0 Å². The van der Waals surface area contributed by atoms with Crippen LogP contribution in [0.1, 0.15) is 18.5 Å². The molecule has 0 radical (unpaired) electrons. The van der Waals surface area contributed by atoms with E-state index < -0.39 is 28.5 Å². The van der Waals surface area contributed by atoms with E-state index in [-0.39, 0.29) is 10.6 Å². The number of benzene rings is 3. The molecule has 1 unspecified atom stereocenters. The third kappa shape index (κ3) is 5.43. The highest BCUT2D eigenvalue weighted by atomic mass is 32.2. The number of carbonyl (C=O) groups is 1. The molecule has 0 aliphatic heterocycles. The molecule has 1 N–H and O–H groups in total. The average molecular weight is 485 g/mol. The third-order valence-corrected chi connectivity index (χ3v) is 7.04. The molecule has 0 aromatic heterocycles. The standard InChI is InChI=1S/C25H28N2O6S/c1-18(21-12-8-9-13-22(21)31-2)26-25(28)17-27(34(29,30)20-10-6-5-7-11-20)19-14-15-23(32-3)24(16-19)33-4/h5-16,18H,17H2,1-4H3,(H,26,28). The first-order valence-electron chi connectivity index (χ1n) is 10.5. The highest BCUT2D eigenvalue weighted by molar-refractivity contribution is 7.92. The molecule has 0 aliphatic rings. The van der Waals surface area contributed by atoms with E-state index in [1.807, 2.05) is 25.1 Å². The van der Waals surface area contributed by atoms with Crippen LogP contribution in [0, 0.1) is 0 Å². The Bertz CT molecular complexity index is 1230. The summed E-state index contributed by atoms with van der Waals surface area (Å²) in [6.07, 6.45) is 0. The van der Waals surface area contributed by atoms with Gasteiger partial charge in [-0.05, 0) is 37.3 Å². The van der Waals surface area contributed by atoms with Gasteiger partial charge >= 0.3 is 0 Å².